The van der Waals surface area contributed by atoms with Crippen LogP contribution in [-0.2, 0) is 0 Å². The Kier molecular flexibility index (Phi) is 5.16. The van der Waals surface area contributed by atoms with Crippen molar-refractivity contribution in [1.82, 2.24) is 5.32 Å². The van der Waals surface area contributed by atoms with Gasteiger partial charge in [0.15, 0.2) is 0 Å². The Bertz CT molecular complexity index is 319. The topological polar surface area (TPSA) is 32.3 Å². The molecule has 1 aromatic carbocycles. The van der Waals surface area contributed by atoms with Gasteiger partial charge in [-0.3, -0.25) is 0 Å². The first-order chi connectivity index (χ1) is 7.96. The van der Waals surface area contributed by atoms with Crippen molar-refractivity contribution in [2.45, 2.75) is 45.8 Å². The third-order valence-corrected chi connectivity index (χ3v) is 3.29. The van der Waals surface area contributed by atoms with Gasteiger partial charge in [-0.2, -0.15) is 0 Å². The van der Waals surface area contributed by atoms with Crippen LogP contribution in [0.15, 0.2) is 30.3 Å². The minimum absolute atomic E-state index is 0.300. The maximum Gasteiger partial charge on any atom is 0.0741 e. The van der Waals surface area contributed by atoms with E-state index < -0.39 is 5.60 Å². The second-order valence-corrected chi connectivity index (χ2v) is 5.36. The van der Waals surface area contributed by atoms with Crippen LogP contribution in [0.2, 0.25) is 0 Å². The van der Waals surface area contributed by atoms with Crippen LogP contribution in [-0.4, -0.2) is 17.3 Å². The second kappa shape index (κ2) is 6.18. The van der Waals surface area contributed by atoms with Crippen LogP contribution < -0.4 is 5.32 Å². The van der Waals surface area contributed by atoms with E-state index in [1.165, 1.54) is 5.56 Å². The van der Waals surface area contributed by atoms with Gasteiger partial charge in [-0.15, -0.1) is 0 Å². The Morgan fingerprint density at radius 1 is 1.24 bits per heavy atom. The van der Waals surface area contributed by atoms with E-state index in [0.29, 0.717) is 18.5 Å². The van der Waals surface area contributed by atoms with Crippen molar-refractivity contribution in [1.29, 1.82) is 0 Å². The largest absolute Gasteiger partial charge is 0.389 e. The van der Waals surface area contributed by atoms with E-state index in [1.54, 1.807) is 0 Å². The molecule has 1 rings (SSSR count). The summed E-state index contributed by atoms with van der Waals surface area (Å²) in [5, 5.41) is 13.5. The third kappa shape index (κ3) is 4.49. The summed E-state index contributed by atoms with van der Waals surface area (Å²) in [5.41, 5.74) is 0.663. The zero-order valence-electron chi connectivity index (χ0n) is 11.4. The maximum atomic E-state index is 10.0. The fourth-order valence-corrected chi connectivity index (χ4v) is 1.85. The van der Waals surface area contributed by atoms with Crippen LogP contribution in [0.25, 0.3) is 0 Å². The van der Waals surface area contributed by atoms with E-state index in [2.05, 4.69) is 43.4 Å². The summed E-state index contributed by atoms with van der Waals surface area (Å²) >= 11 is 0. The Balaban J connectivity index is 2.69. The van der Waals surface area contributed by atoms with Crippen LogP contribution in [0.5, 0.6) is 0 Å². The van der Waals surface area contributed by atoms with Crippen LogP contribution >= 0.6 is 0 Å². The molecule has 0 aliphatic heterocycles. The SMILES string of the molecule is CCC(C)(O)CNC(c1ccccc1)C(C)C. The Labute approximate surface area is 105 Å². The fraction of sp³-hybridized carbons (Fsp3) is 0.600. The predicted molar refractivity (Wildman–Crippen MR) is 72.9 cm³/mol. The van der Waals surface area contributed by atoms with Crippen molar-refractivity contribution in [2.24, 2.45) is 5.92 Å². The molecule has 0 amide bonds. The summed E-state index contributed by atoms with van der Waals surface area (Å²) in [5.74, 6) is 0.505. The monoisotopic (exact) mass is 235 g/mol. The minimum Gasteiger partial charge on any atom is -0.389 e. The molecule has 0 aliphatic carbocycles. The van der Waals surface area contributed by atoms with E-state index >= 15 is 0 Å². The second-order valence-electron chi connectivity index (χ2n) is 5.36. The van der Waals surface area contributed by atoms with E-state index in [9.17, 15) is 5.11 Å². The molecule has 0 radical (unpaired) electrons. The lowest BCUT2D eigenvalue weighted by atomic mass is 9.94. The van der Waals surface area contributed by atoms with Crippen molar-refractivity contribution in [3.63, 3.8) is 0 Å². The summed E-state index contributed by atoms with van der Waals surface area (Å²) in [7, 11) is 0. The van der Waals surface area contributed by atoms with Crippen molar-refractivity contribution < 1.29 is 5.11 Å². The Hall–Kier alpha value is -0.860. The highest BCUT2D eigenvalue weighted by Gasteiger charge is 2.21. The summed E-state index contributed by atoms with van der Waals surface area (Å²) in [6.45, 7) is 8.91. The summed E-state index contributed by atoms with van der Waals surface area (Å²) in [6, 6.07) is 10.7. The predicted octanol–water partition coefficient (Wildman–Crippen LogP) is 3.13. The van der Waals surface area contributed by atoms with Crippen molar-refractivity contribution >= 4 is 0 Å². The Morgan fingerprint density at radius 3 is 2.29 bits per heavy atom. The van der Waals surface area contributed by atoms with Crippen LogP contribution in [0.1, 0.15) is 45.7 Å². The highest BCUT2D eigenvalue weighted by Crippen LogP contribution is 2.22. The zero-order chi connectivity index (χ0) is 12.9. The van der Waals surface area contributed by atoms with Gasteiger partial charge in [0, 0.05) is 12.6 Å². The summed E-state index contributed by atoms with van der Waals surface area (Å²) < 4.78 is 0. The molecule has 0 aromatic heterocycles. The van der Waals surface area contributed by atoms with Gasteiger partial charge in [-0.25, -0.2) is 0 Å². The molecule has 2 atom stereocenters. The summed E-state index contributed by atoms with van der Waals surface area (Å²) in [4.78, 5) is 0. The van der Waals surface area contributed by atoms with Gasteiger partial charge in [0.2, 0.25) is 0 Å². The highest BCUT2D eigenvalue weighted by molar-refractivity contribution is 5.19. The standard InChI is InChI=1S/C15H25NO/c1-5-15(4,17)11-16-14(12(2)3)13-9-7-6-8-10-13/h6-10,12,14,16-17H,5,11H2,1-4H3. The van der Waals surface area contributed by atoms with Gasteiger partial charge in [0.25, 0.3) is 0 Å². The first-order valence-corrected chi connectivity index (χ1v) is 6.47. The third-order valence-electron chi connectivity index (χ3n) is 3.29. The minimum atomic E-state index is -0.623. The first kappa shape index (κ1) is 14.2. The number of aliphatic hydroxyl groups is 1. The first-order valence-electron chi connectivity index (χ1n) is 6.47. The fourth-order valence-electron chi connectivity index (χ4n) is 1.85. The van der Waals surface area contributed by atoms with E-state index in [0.717, 1.165) is 6.42 Å². The molecule has 0 saturated heterocycles. The van der Waals surface area contributed by atoms with Gasteiger partial charge in [-0.05, 0) is 24.8 Å². The Morgan fingerprint density at radius 2 is 1.82 bits per heavy atom. The molecule has 0 aliphatic rings. The van der Waals surface area contributed by atoms with Crippen LogP contribution in [0.4, 0.5) is 0 Å². The van der Waals surface area contributed by atoms with Crippen molar-refractivity contribution in [3.8, 4) is 0 Å². The number of hydrogen-bond acceptors (Lipinski definition) is 2. The lowest BCUT2D eigenvalue weighted by Gasteiger charge is -2.28. The van der Waals surface area contributed by atoms with Gasteiger partial charge >= 0.3 is 0 Å². The molecule has 0 bridgehead atoms. The highest BCUT2D eigenvalue weighted by atomic mass is 16.3. The van der Waals surface area contributed by atoms with E-state index in [-0.39, 0.29) is 0 Å². The average molecular weight is 235 g/mol. The molecule has 0 saturated carbocycles. The molecular weight excluding hydrogens is 210 g/mol. The molecule has 0 spiro atoms. The van der Waals surface area contributed by atoms with Crippen LogP contribution in [0.3, 0.4) is 0 Å². The number of nitrogens with one attached hydrogen (secondary N) is 1. The van der Waals surface area contributed by atoms with Crippen LogP contribution in [0, 0.1) is 5.92 Å². The van der Waals surface area contributed by atoms with Crippen molar-refractivity contribution in [2.75, 3.05) is 6.54 Å². The van der Waals surface area contributed by atoms with E-state index in [4.69, 9.17) is 0 Å². The molecule has 17 heavy (non-hydrogen) atoms. The molecular formula is C15H25NO. The molecule has 2 nitrogen and oxygen atoms in total. The van der Waals surface area contributed by atoms with Gasteiger partial charge in [0.1, 0.15) is 0 Å². The normalized spacial score (nSPS) is 16.8. The van der Waals surface area contributed by atoms with Gasteiger partial charge in [-0.1, -0.05) is 51.1 Å². The number of hydrogen-bond donors (Lipinski definition) is 2. The van der Waals surface area contributed by atoms with Gasteiger partial charge in [0.05, 0.1) is 5.60 Å². The lowest BCUT2D eigenvalue weighted by molar-refractivity contribution is 0.0510. The smallest absolute Gasteiger partial charge is 0.0741 e. The molecule has 0 heterocycles. The zero-order valence-corrected chi connectivity index (χ0v) is 11.4. The maximum absolute atomic E-state index is 10.0. The quantitative estimate of drug-likeness (QED) is 0.794. The molecule has 1 aromatic rings. The average Bonchev–Trinajstić information content (AvgIpc) is 2.30. The molecule has 0 fully saturated rings. The van der Waals surface area contributed by atoms with E-state index in [1.807, 2.05) is 19.9 Å². The molecule has 96 valence electrons. The lowest BCUT2D eigenvalue weighted by Crippen LogP contribution is -2.40. The van der Waals surface area contributed by atoms with Gasteiger partial charge < -0.3 is 10.4 Å². The molecule has 2 heteroatoms. The van der Waals surface area contributed by atoms with Crippen molar-refractivity contribution in [3.05, 3.63) is 35.9 Å². The molecule has 2 N–H and O–H groups in total. The molecule has 2 unspecified atom stereocenters. The number of rotatable bonds is 6. The number of benzene rings is 1. The summed E-state index contributed by atoms with van der Waals surface area (Å²) in [6.07, 6.45) is 0.763.